The van der Waals surface area contributed by atoms with Crippen LogP contribution >= 0.6 is 22.7 Å². The number of nitrogens with one attached hydrogen (secondary N) is 1. The lowest BCUT2D eigenvalue weighted by Crippen LogP contribution is -2.26. The molecule has 0 bridgehead atoms. The van der Waals surface area contributed by atoms with Crippen molar-refractivity contribution in [1.29, 1.82) is 0 Å². The van der Waals surface area contributed by atoms with Crippen LogP contribution in [0.3, 0.4) is 0 Å². The maximum atomic E-state index is 10.7. The van der Waals surface area contributed by atoms with Gasteiger partial charge in [-0.2, -0.15) is 0 Å². The zero-order valence-corrected chi connectivity index (χ0v) is 11.8. The molecule has 4 nitrogen and oxygen atoms in total. The third-order valence-corrected chi connectivity index (χ3v) is 4.63. The van der Waals surface area contributed by atoms with Crippen molar-refractivity contribution in [1.82, 2.24) is 4.98 Å². The molecule has 0 amide bonds. The predicted octanol–water partition coefficient (Wildman–Crippen LogP) is 3.29. The minimum absolute atomic E-state index is 0.00320. The summed E-state index contributed by atoms with van der Waals surface area (Å²) in [5.41, 5.74) is 0.0971. The number of hydrogen-bond donors (Lipinski definition) is 2. The molecule has 0 atom stereocenters. The molecule has 18 heavy (non-hydrogen) atoms. The van der Waals surface area contributed by atoms with E-state index >= 15 is 0 Å². The van der Waals surface area contributed by atoms with Gasteiger partial charge in [0.05, 0.1) is 0 Å². The first kappa shape index (κ1) is 13.0. The van der Waals surface area contributed by atoms with E-state index < -0.39 is 5.97 Å². The van der Waals surface area contributed by atoms with Crippen LogP contribution in [0.1, 0.15) is 29.2 Å². The van der Waals surface area contributed by atoms with Gasteiger partial charge in [0.15, 0.2) is 10.8 Å². The summed E-state index contributed by atoms with van der Waals surface area (Å²) < 4.78 is 0. The molecule has 0 unspecified atom stereocenters. The standard InChI is InChI=1S/C12H14N2O2S2/c1-12(2,9-4-3-5-17-9)7-13-11-14-8(6-18-11)10(15)16/h3-6H,7H2,1-2H3,(H,13,14)(H,15,16). The Morgan fingerprint density at radius 1 is 1.50 bits per heavy atom. The summed E-state index contributed by atoms with van der Waals surface area (Å²) in [4.78, 5) is 16.0. The highest BCUT2D eigenvalue weighted by molar-refractivity contribution is 7.13. The Morgan fingerprint density at radius 3 is 2.83 bits per heavy atom. The molecule has 0 aliphatic heterocycles. The lowest BCUT2D eigenvalue weighted by atomic mass is 9.91. The number of aromatic carboxylic acids is 1. The average molecular weight is 282 g/mol. The van der Waals surface area contributed by atoms with Crippen LogP contribution < -0.4 is 5.32 Å². The van der Waals surface area contributed by atoms with Gasteiger partial charge in [0.1, 0.15) is 0 Å². The molecule has 6 heteroatoms. The number of carboxylic acids is 1. The molecule has 2 aromatic rings. The summed E-state index contributed by atoms with van der Waals surface area (Å²) in [6.07, 6.45) is 0. The highest BCUT2D eigenvalue weighted by Gasteiger charge is 2.22. The van der Waals surface area contributed by atoms with Gasteiger partial charge in [-0.05, 0) is 11.4 Å². The fourth-order valence-electron chi connectivity index (χ4n) is 1.50. The van der Waals surface area contributed by atoms with Crippen molar-refractivity contribution in [3.05, 3.63) is 33.5 Å². The Hall–Kier alpha value is -1.40. The molecule has 0 fully saturated rings. The van der Waals surface area contributed by atoms with E-state index in [2.05, 4.69) is 35.6 Å². The maximum Gasteiger partial charge on any atom is 0.355 e. The average Bonchev–Trinajstić information content (AvgIpc) is 2.98. The zero-order chi connectivity index (χ0) is 13.2. The minimum Gasteiger partial charge on any atom is -0.476 e. The van der Waals surface area contributed by atoms with Gasteiger partial charge in [-0.15, -0.1) is 22.7 Å². The van der Waals surface area contributed by atoms with Crippen molar-refractivity contribution in [2.45, 2.75) is 19.3 Å². The Morgan fingerprint density at radius 2 is 2.28 bits per heavy atom. The Bertz CT molecular complexity index is 532. The van der Waals surface area contributed by atoms with Gasteiger partial charge < -0.3 is 10.4 Å². The van der Waals surface area contributed by atoms with E-state index in [4.69, 9.17) is 5.11 Å². The quantitative estimate of drug-likeness (QED) is 0.883. The number of nitrogens with zero attached hydrogens (tertiary/aromatic N) is 1. The first-order valence-corrected chi connectivity index (χ1v) is 7.22. The lowest BCUT2D eigenvalue weighted by Gasteiger charge is -2.23. The van der Waals surface area contributed by atoms with E-state index in [1.165, 1.54) is 16.2 Å². The summed E-state index contributed by atoms with van der Waals surface area (Å²) in [5.74, 6) is -0.989. The second-order valence-electron chi connectivity index (χ2n) is 4.56. The normalized spacial score (nSPS) is 11.4. The van der Waals surface area contributed by atoms with Gasteiger partial charge in [-0.25, -0.2) is 9.78 Å². The number of anilines is 1. The maximum absolute atomic E-state index is 10.7. The van der Waals surface area contributed by atoms with Gasteiger partial charge in [0.25, 0.3) is 0 Å². The number of carboxylic acid groups (broad SMARTS) is 1. The highest BCUT2D eigenvalue weighted by Crippen LogP contribution is 2.28. The molecule has 0 aliphatic carbocycles. The fraction of sp³-hybridized carbons (Fsp3) is 0.333. The van der Waals surface area contributed by atoms with Crippen LogP contribution in [0.15, 0.2) is 22.9 Å². The van der Waals surface area contributed by atoms with Crippen molar-refractivity contribution < 1.29 is 9.90 Å². The van der Waals surface area contributed by atoms with Crippen molar-refractivity contribution in [2.75, 3.05) is 11.9 Å². The third kappa shape index (κ3) is 2.88. The van der Waals surface area contributed by atoms with Crippen LogP contribution in [0.25, 0.3) is 0 Å². The summed E-state index contributed by atoms with van der Waals surface area (Å²) in [6, 6.07) is 4.14. The molecule has 0 spiro atoms. The van der Waals surface area contributed by atoms with E-state index in [1.54, 1.807) is 16.7 Å². The second kappa shape index (κ2) is 5.07. The van der Waals surface area contributed by atoms with Crippen LogP contribution in [0, 0.1) is 0 Å². The fourth-order valence-corrected chi connectivity index (χ4v) is 3.04. The Balaban J connectivity index is 2.00. The summed E-state index contributed by atoms with van der Waals surface area (Å²) >= 11 is 3.04. The van der Waals surface area contributed by atoms with Gasteiger partial charge >= 0.3 is 5.97 Å². The molecule has 96 valence electrons. The minimum atomic E-state index is -0.989. The molecule has 2 rings (SSSR count). The molecule has 2 aromatic heterocycles. The van der Waals surface area contributed by atoms with E-state index in [9.17, 15) is 4.79 Å². The molecule has 2 heterocycles. The van der Waals surface area contributed by atoms with Crippen LogP contribution in [0.5, 0.6) is 0 Å². The SMILES string of the molecule is CC(C)(CNc1nc(C(=O)O)cs1)c1cccs1. The van der Waals surface area contributed by atoms with E-state index in [0.717, 1.165) is 6.54 Å². The van der Waals surface area contributed by atoms with Crippen molar-refractivity contribution >= 4 is 33.8 Å². The summed E-state index contributed by atoms with van der Waals surface area (Å²) in [5, 5.41) is 16.2. The van der Waals surface area contributed by atoms with E-state index in [0.29, 0.717) is 5.13 Å². The zero-order valence-electron chi connectivity index (χ0n) is 10.1. The third-order valence-electron chi connectivity index (χ3n) is 2.59. The van der Waals surface area contributed by atoms with Crippen LogP contribution in [-0.4, -0.2) is 22.6 Å². The van der Waals surface area contributed by atoms with Crippen LogP contribution in [0.2, 0.25) is 0 Å². The van der Waals surface area contributed by atoms with E-state index in [1.807, 2.05) is 6.07 Å². The summed E-state index contributed by atoms with van der Waals surface area (Å²) in [7, 11) is 0. The smallest absolute Gasteiger partial charge is 0.355 e. The van der Waals surface area contributed by atoms with E-state index in [-0.39, 0.29) is 11.1 Å². The van der Waals surface area contributed by atoms with Gasteiger partial charge in [-0.1, -0.05) is 19.9 Å². The lowest BCUT2D eigenvalue weighted by molar-refractivity contribution is 0.0691. The van der Waals surface area contributed by atoms with Crippen LogP contribution in [0.4, 0.5) is 5.13 Å². The number of thiazole rings is 1. The molecular formula is C12H14N2O2S2. The van der Waals surface area contributed by atoms with Gasteiger partial charge in [-0.3, -0.25) is 0 Å². The molecule has 2 N–H and O–H groups in total. The number of rotatable bonds is 5. The highest BCUT2D eigenvalue weighted by atomic mass is 32.1. The first-order valence-electron chi connectivity index (χ1n) is 5.46. The molecular weight excluding hydrogens is 268 g/mol. The Kier molecular flexibility index (Phi) is 3.68. The molecule has 0 saturated heterocycles. The molecule has 0 aliphatic rings. The predicted molar refractivity (Wildman–Crippen MR) is 74.9 cm³/mol. The van der Waals surface area contributed by atoms with Crippen molar-refractivity contribution in [3.63, 3.8) is 0 Å². The van der Waals surface area contributed by atoms with Crippen LogP contribution in [-0.2, 0) is 5.41 Å². The largest absolute Gasteiger partial charge is 0.476 e. The Labute approximate surface area is 113 Å². The van der Waals surface area contributed by atoms with Crippen molar-refractivity contribution in [3.8, 4) is 0 Å². The number of carbonyl (C=O) groups is 1. The number of aromatic nitrogens is 1. The van der Waals surface area contributed by atoms with Gasteiger partial charge in [0.2, 0.25) is 0 Å². The molecule has 0 aromatic carbocycles. The first-order chi connectivity index (χ1) is 8.49. The molecule has 0 radical (unpaired) electrons. The number of hydrogen-bond acceptors (Lipinski definition) is 5. The topological polar surface area (TPSA) is 62.2 Å². The molecule has 0 saturated carbocycles. The van der Waals surface area contributed by atoms with Gasteiger partial charge in [0, 0.05) is 22.2 Å². The number of thiophene rings is 1. The monoisotopic (exact) mass is 282 g/mol. The second-order valence-corrected chi connectivity index (χ2v) is 6.36. The summed E-state index contributed by atoms with van der Waals surface area (Å²) in [6.45, 7) is 5.02. The van der Waals surface area contributed by atoms with Crippen molar-refractivity contribution in [2.24, 2.45) is 0 Å².